The largest absolute Gasteiger partial charge is 0.513 e. The van der Waals surface area contributed by atoms with Crippen LogP contribution in [0.3, 0.4) is 0 Å². The number of hydrogen-bond donors (Lipinski definition) is 1. The maximum absolute atomic E-state index is 14.4. The minimum Gasteiger partial charge on any atom is -0.460 e. The van der Waals surface area contributed by atoms with Gasteiger partial charge < -0.3 is 13.8 Å². The molecule has 0 aliphatic rings. The third-order valence-corrected chi connectivity index (χ3v) is 6.13. The van der Waals surface area contributed by atoms with Crippen molar-refractivity contribution in [1.82, 2.24) is 5.09 Å². The predicted molar refractivity (Wildman–Crippen MR) is 115 cm³/mol. The number of carbonyl (C=O) groups is 1. The number of benzene rings is 3. The molecular formula is C23H20F4NO5P. The molecular weight excluding hydrogens is 477 g/mol. The van der Waals surface area contributed by atoms with Gasteiger partial charge in [0.15, 0.2) is 11.6 Å². The zero-order valence-electron chi connectivity index (χ0n) is 18.1. The Morgan fingerprint density at radius 1 is 0.882 bits per heavy atom. The monoisotopic (exact) mass is 497 g/mol. The van der Waals surface area contributed by atoms with Gasteiger partial charge in [-0.1, -0.05) is 48.5 Å². The molecule has 0 aromatic heterocycles. The third-order valence-electron chi connectivity index (χ3n) is 4.55. The van der Waals surface area contributed by atoms with Crippen LogP contribution in [0.15, 0.2) is 60.7 Å². The van der Waals surface area contributed by atoms with Gasteiger partial charge in [0.05, 0.1) is 0 Å². The van der Waals surface area contributed by atoms with Gasteiger partial charge in [-0.25, -0.2) is 13.3 Å². The van der Waals surface area contributed by atoms with Gasteiger partial charge in [0.1, 0.15) is 18.4 Å². The van der Waals surface area contributed by atoms with Crippen molar-refractivity contribution in [1.29, 1.82) is 0 Å². The fourth-order valence-electron chi connectivity index (χ4n) is 2.76. The molecule has 3 aromatic carbocycles. The molecule has 3 rings (SSSR count). The van der Waals surface area contributed by atoms with Gasteiger partial charge >= 0.3 is 13.7 Å². The molecule has 34 heavy (non-hydrogen) atoms. The summed E-state index contributed by atoms with van der Waals surface area (Å²) in [5.41, 5.74) is -0.246. The van der Waals surface area contributed by atoms with E-state index in [0.717, 1.165) is 6.92 Å². The molecule has 0 fully saturated rings. The first-order chi connectivity index (χ1) is 16.1. The summed E-state index contributed by atoms with van der Waals surface area (Å²) in [5, 5.41) is 2.19. The quantitative estimate of drug-likeness (QED) is 0.173. The van der Waals surface area contributed by atoms with Crippen molar-refractivity contribution >= 4 is 13.7 Å². The third kappa shape index (κ3) is 5.95. The topological polar surface area (TPSA) is 73.9 Å². The molecule has 11 heteroatoms. The highest BCUT2D eigenvalue weighted by atomic mass is 31.2. The lowest BCUT2D eigenvalue weighted by Gasteiger charge is -2.23. The normalized spacial score (nSPS) is 13.6. The van der Waals surface area contributed by atoms with E-state index in [-0.39, 0.29) is 12.4 Å². The van der Waals surface area contributed by atoms with E-state index in [1.54, 1.807) is 36.4 Å². The summed E-state index contributed by atoms with van der Waals surface area (Å²) < 4.78 is 85.4. The minimum absolute atomic E-state index is 0.0722. The van der Waals surface area contributed by atoms with Crippen LogP contribution in [0.4, 0.5) is 17.6 Å². The van der Waals surface area contributed by atoms with E-state index in [2.05, 4.69) is 5.09 Å². The summed E-state index contributed by atoms with van der Waals surface area (Å²) in [6.07, 6.45) is 0. The van der Waals surface area contributed by atoms with Crippen LogP contribution in [0.25, 0.3) is 0 Å². The fraction of sp³-hybridized carbons (Fsp3) is 0.174. The van der Waals surface area contributed by atoms with Crippen molar-refractivity contribution in [3.8, 4) is 11.5 Å². The smallest absolute Gasteiger partial charge is 0.460 e. The number of nitrogens with one attached hydrogen (secondary N) is 1. The number of rotatable bonds is 9. The lowest BCUT2D eigenvalue weighted by atomic mass is 10.2. The Kier molecular flexibility index (Phi) is 7.96. The molecule has 6 nitrogen and oxygen atoms in total. The first kappa shape index (κ1) is 25.3. The Bertz CT molecular complexity index is 1180. The van der Waals surface area contributed by atoms with Crippen LogP contribution < -0.4 is 14.1 Å². The summed E-state index contributed by atoms with van der Waals surface area (Å²) in [5.74, 6) is -9.84. The van der Waals surface area contributed by atoms with E-state index in [0.29, 0.717) is 5.56 Å². The number of hydrogen-bond acceptors (Lipinski definition) is 5. The molecule has 0 unspecified atom stereocenters. The van der Waals surface area contributed by atoms with Gasteiger partial charge in [0, 0.05) is 5.56 Å². The second-order valence-corrected chi connectivity index (χ2v) is 8.77. The van der Waals surface area contributed by atoms with Crippen LogP contribution in [0.5, 0.6) is 11.5 Å². The molecule has 0 saturated carbocycles. The van der Waals surface area contributed by atoms with Crippen molar-refractivity contribution in [3.05, 3.63) is 95.1 Å². The van der Waals surface area contributed by atoms with Crippen molar-refractivity contribution in [2.24, 2.45) is 0 Å². The van der Waals surface area contributed by atoms with Crippen molar-refractivity contribution < 1.29 is 40.7 Å². The molecule has 0 heterocycles. The Hall–Kier alpha value is -3.36. The van der Waals surface area contributed by atoms with Crippen LogP contribution >= 0.6 is 7.75 Å². The van der Waals surface area contributed by atoms with Gasteiger partial charge in [-0.15, -0.1) is 0 Å². The highest BCUT2D eigenvalue weighted by molar-refractivity contribution is 7.52. The summed E-state index contributed by atoms with van der Waals surface area (Å²) >= 11 is 0. The zero-order valence-corrected chi connectivity index (χ0v) is 19.0. The standard InChI is InChI=1S/C23H20F4NO5P/c1-14-18(24)20(26)22(21(27)19(14)25)33-34(30,32-17-11-7-4-8-12-17)28-15(2)23(29)31-13-16-9-5-3-6-10-16/h3-12,15H,13H2,1-2H3,(H,28,30)/t15-,34-/m0/s1. The van der Waals surface area contributed by atoms with E-state index >= 15 is 0 Å². The van der Waals surface area contributed by atoms with Crippen LogP contribution in [0, 0.1) is 30.2 Å². The average Bonchev–Trinajstić information content (AvgIpc) is 2.84. The molecule has 2 atom stereocenters. The predicted octanol–water partition coefficient (Wildman–Crippen LogP) is 5.84. The van der Waals surface area contributed by atoms with E-state index in [4.69, 9.17) is 13.8 Å². The van der Waals surface area contributed by atoms with E-state index in [1.165, 1.54) is 31.2 Å². The molecule has 1 N–H and O–H groups in total. The number of halogens is 4. The summed E-state index contributed by atoms with van der Waals surface area (Å²) in [6, 6.07) is 14.6. The molecule has 180 valence electrons. The Morgan fingerprint density at radius 2 is 1.41 bits per heavy atom. The van der Waals surface area contributed by atoms with Gasteiger partial charge in [-0.3, -0.25) is 4.79 Å². The highest BCUT2D eigenvalue weighted by Gasteiger charge is 2.37. The van der Waals surface area contributed by atoms with Gasteiger partial charge in [0.2, 0.25) is 17.4 Å². The van der Waals surface area contributed by atoms with Gasteiger partial charge in [-0.05, 0) is 31.5 Å². The summed E-state index contributed by atoms with van der Waals surface area (Å²) in [4.78, 5) is 12.4. The lowest BCUT2D eigenvalue weighted by Crippen LogP contribution is -2.36. The number of esters is 1. The molecule has 3 aromatic rings. The minimum atomic E-state index is -4.84. The molecule has 0 radical (unpaired) electrons. The summed E-state index contributed by atoms with van der Waals surface area (Å²) in [6.45, 7) is 1.96. The first-order valence-electron chi connectivity index (χ1n) is 9.96. The number of carbonyl (C=O) groups excluding carboxylic acids is 1. The fourth-order valence-corrected chi connectivity index (χ4v) is 4.28. The second kappa shape index (κ2) is 10.7. The Labute approximate surface area is 193 Å². The van der Waals surface area contributed by atoms with Crippen LogP contribution in [-0.4, -0.2) is 12.0 Å². The zero-order chi connectivity index (χ0) is 24.9. The number of ether oxygens (including phenoxy) is 1. The van der Waals surface area contributed by atoms with E-state index in [9.17, 15) is 26.9 Å². The molecule has 0 saturated heterocycles. The van der Waals surface area contributed by atoms with E-state index in [1.807, 2.05) is 0 Å². The SMILES string of the molecule is Cc1c(F)c(F)c(O[P@](=O)(N[C@@H](C)C(=O)OCc2ccccc2)Oc2ccccc2)c(F)c1F. The average molecular weight is 497 g/mol. The molecule has 0 spiro atoms. The molecule has 0 aliphatic heterocycles. The van der Waals surface area contributed by atoms with Gasteiger partial charge in [0.25, 0.3) is 0 Å². The Morgan fingerprint density at radius 3 is 1.97 bits per heavy atom. The van der Waals surface area contributed by atoms with E-state index < -0.39 is 54.3 Å². The first-order valence-corrected chi connectivity index (χ1v) is 11.5. The molecule has 0 bridgehead atoms. The van der Waals surface area contributed by atoms with Crippen LogP contribution in [0.1, 0.15) is 18.1 Å². The van der Waals surface area contributed by atoms with Crippen LogP contribution in [-0.2, 0) is 20.7 Å². The highest BCUT2D eigenvalue weighted by Crippen LogP contribution is 2.47. The van der Waals surface area contributed by atoms with Crippen LogP contribution in [0.2, 0.25) is 0 Å². The maximum Gasteiger partial charge on any atom is 0.513 e. The van der Waals surface area contributed by atoms with Crippen molar-refractivity contribution in [2.45, 2.75) is 26.5 Å². The second-order valence-electron chi connectivity index (χ2n) is 7.15. The summed E-state index contributed by atoms with van der Waals surface area (Å²) in [7, 11) is -4.84. The molecule has 0 aliphatic carbocycles. The Balaban J connectivity index is 1.86. The lowest BCUT2D eigenvalue weighted by molar-refractivity contribution is -0.146. The molecule has 0 amide bonds. The van der Waals surface area contributed by atoms with Crippen molar-refractivity contribution in [3.63, 3.8) is 0 Å². The number of para-hydroxylation sites is 1. The maximum atomic E-state index is 14.4. The van der Waals surface area contributed by atoms with Gasteiger partial charge in [-0.2, -0.15) is 13.9 Å². The van der Waals surface area contributed by atoms with Crippen molar-refractivity contribution in [2.75, 3.05) is 0 Å².